The molecule has 0 aromatic carbocycles. The predicted molar refractivity (Wildman–Crippen MR) is 68.8 cm³/mol. The summed E-state index contributed by atoms with van der Waals surface area (Å²) in [6, 6.07) is 3.66. The lowest BCUT2D eigenvalue weighted by molar-refractivity contribution is 0.417. The molecule has 0 radical (unpaired) electrons. The van der Waals surface area contributed by atoms with E-state index in [9.17, 15) is 5.11 Å². The lowest BCUT2D eigenvalue weighted by atomic mass is 10.1. The molecule has 0 unspecified atom stereocenters. The highest BCUT2D eigenvalue weighted by Gasteiger charge is 2.02. The third-order valence-corrected chi connectivity index (χ3v) is 1.93. The van der Waals surface area contributed by atoms with Crippen molar-refractivity contribution in [1.82, 2.24) is 4.98 Å². The van der Waals surface area contributed by atoms with Gasteiger partial charge in [0.25, 0.3) is 0 Å². The van der Waals surface area contributed by atoms with Crippen molar-refractivity contribution in [3.63, 3.8) is 0 Å². The molecule has 0 spiro atoms. The minimum atomic E-state index is 0.245. The van der Waals surface area contributed by atoms with Crippen LogP contribution in [0.15, 0.2) is 49.9 Å². The van der Waals surface area contributed by atoms with Gasteiger partial charge in [-0.3, -0.25) is 4.98 Å². The van der Waals surface area contributed by atoms with Crippen LogP contribution in [0.4, 0.5) is 0 Å². The van der Waals surface area contributed by atoms with Crippen LogP contribution in [0.5, 0.6) is 0 Å². The molecule has 0 saturated carbocycles. The maximum absolute atomic E-state index is 9.39. The molecule has 0 bridgehead atoms. The van der Waals surface area contributed by atoms with Crippen LogP contribution in [-0.2, 0) is 6.54 Å². The van der Waals surface area contributed by atoms with Gasteiger partial charge in [0.1, 0.15) is 0 Å². The van der Waals surface area contributed by atoms with Crippen molar-refractivity contribution in [1.29, 1.82) is 0 Å². The molecule has 1 aromatic rings. The molecule has 0 amide bonds. The number of nitrogens with two attached hydrogens (primary N) is 1. The van der Waals surface area contributed by atoms with E-state index in [2.05, 4.69) is 24.7 Å². The van der Waals surface area contributed by atoms with Crippen LogP contribution < -0.4 is 5.73 Å². The third-order valence-electron chi connectivity index (χ3n) is 1.93. The second-order valence-corrected chi connectivity index (χ2v) is 2.94. The first kappa shape index (κ1) is 14.1. The highest BCUT2D eigenvalue weighted by atomic mass is 16.3. The first-order valence-electron chi connectivity index (χ1n) is 4.86. The molecule has 0 aliphatic heterocycles. The van der Waals surface area contributed by atoms with E-state index < -0.39 is 0 Å². The van der Waals surface area contributed by atoms with Crippen LogP contribution in [0, 0.1) is 0 Å². The van der Waals surface area contributed by atoms with E-state index in [4.69, 9.17) is 5.73 Å². The number of aromatic nitrogens is 1. The number of hydrogen-bond donors (Lipinski definition) is 2. The smallest absolute Gasteiger partial charge is 0.0969 e. The quantitative estimate of drug-likeness (QED) is 0.466. The Morgan fingerprint density at radius 3 is 2.62 bits per heavy atom. The number of aliphatic hydroxyl groups excluding tert-OH is 1. The molecule has 1 heterocycles. The van der Waals surface area contributed by atoms with Crippen molar-refractivity contribution in [2.45, 2.75) is 13.5 Å². The van der Waals surface area contributed by atoms with Gasteiger partial charge in [0.05, 0.1) is 11.5 Å². The highest BCUT2D eigenvalue weighted by molar-refractivity contribution is 5.74. The van der Waals surface area contributed by atoms with Crippen molar-refractivity contribution in [2.75, 3.05) is 0 Å². The van der Waals surface area contributed by atoms with Crippen LogP contribution in [0.1, 0.15) is 18.2 Å². The van der Waals surface area contributed by atoms with Gasteiger partial charge in [0.15, 0.2) is 0 Å². The van der Waals surface area contributed by atoms with Crippen molar-refractivity contribution < 1.29 is 5.11 Å². The number of aliphatic hydroxyl groups is 1. The summed E-state index contributed by atoms with van der Waals surface area (Å²) in [5, 5.41) is 9.39. The Balaban J connectivity index is 0.00000106. The molecular formula is C13H18N2O. The van der Waals surface area contributed by atoms with Gasteiger partial charge in [-0.25, -0.2) is 0 Å². The van der Waals surface area contributed by atoms with Crippen molar-refractivity contribution in [3.8, 4) is 0 Å². The maximum Gasteiger partial charge on any atom is 0.0969 e. The normalized spacial score (nSPS) is 10.9. The first-order chi connectivity index (χ1) is 7.69. The van der Waals surface area contributed by atoms with Crippen molar-refractivity contribution in [2.24, 2.45) is 5.73 Å². The topological polar surface area (TPSA) is 59.1 Å². The number of allylic oxidation sites excluding steroid dienone is 3. The average Bonchev–Trinajstić information content (AvgIpc) is 2.32. The second kappa shape index (κ2) is 7.43. The molecule has 3 heteroatoms. The number of nitrogens with zero attached hydrogens (tertiary/aromatic N) is 1. The fourth-order valence-electron chi connectivity index (χ4n) is 1.23. The second-order valence-electron chi connectivity index (χ2n) is 2.94. The SMILES string of the molecule is C=C.C=C/C(=C(\C)O)c1ccnc(CN)c1. The van der Waals surface area contributed by atoms with Gasteiger partial charge in [0.2, 0.25) is 0 Å². The molecule has 16 heavy (non-hydrogen) atoms. The third kappa shape index (κ3) is 3.71. The minimum absolute atomic E-state index is 0.245. The van der Waals surface area contributed by atoms with E-state index in [1.54, 1.807) is 19.2 Å². The molecule has 0 atom stereocenters. The Kier molecular flexibility index (Phi) is 6.56. The summed E-state index contributed by atoms with van der Waals surface area (Å²) in [7, 11) is 0. The van der Waals surface area contributed by atoms with Crippen molar-refractivity contribution in [3.05, 3.63) is 61.2 Å². The zero-order valence-corrected chi connectivity index (χ0v) is 9.61. The van der Waals surface area contributed by atoms with Crippen LogP contribution in [-0.4, -0.2) is 10.1 Å². The lowest BCUT2D eigenvalue weighted by Gasteiger charge is -2.05. The van der Waals surface area contributed by atoms with Crippen molar-refractivity contribution >= 4 is 5.57 Å². The molecule has 0 aliphatic carbocycles. The summed E-state index contributed by atoms with van der Waals surface area (Å²) in [5.74, 6) is 0.245. The van der Waals surface area contributed by atoms with Crippen LogP contribution in [0.3, 0.4) is 0 Å². The molecule has 86 valence electrons. The largest absolute Gasteiger partial charge is 0.512 e. The summed E-state index contributed by atoms with van der Waals surface area (Å²) < 4.78 is 0. The molecule has 1 rings (SSSR count). The fourth-order valence-corrected chi connectivity index (χ4v) is 1.23. The summed E-state index contributed by atoms with van der Waals surface area (Å²) in [4.78, 5) is 4.07. The number of hydrogen-bond acceptors (Lipinski definition) is 3. The Morgan fingerprint density at radius 1 is 1.56 bits per heavy atom. The van der Waals surface area contributed by atoms with E-state index in [1.807, 2.05) is 12.1 Å². The van der Waals surface area contributed by atoms with E-state index >= 15 is 0 Å². The van der Waals surface area contributed by atoms with Gasteiger partial charge in [-0.05, 0) is 24.6 Å². The van der Waals surface area contributed by atoms with Gasteiger partial charge >= 0.3 is 0 Å². The number of pyridine rings is 1. The van der Waals surface area contributed by atoms with Gasteiger partial charge in [-0.2, -0.15) is 0 Å². The Labute approximate surface area is 96.6 Å². The van der Waals surface area contributed by atoms with Crippen LogP contribution in [0.2, 0.25) is 0 Å². The van der Waals surface area contributed by atoms with E-state index in [-0.39, 0.29) is 5.76 Å². The Morgan fingerprint density at radius 2 is 2.19 bits per heavy atom. The van der Waals surface area contributed by atoms with Gasteiger partial charge in [-0.1, -0.05) is 12.7 Å². The van der Waals surface area contributed by atoms with Gasteiger partial charge in [-0.15, -0.1) is 13.2 Å². The van der Waals surface area contributed by atoms with Gasteiger partial charge in [0, 0.05) is 18.3 Å². The zero-order chi connectivity index (χ0) is 12.6. The maximum atomic E-state index is 9.39. The molecule has 1 aromatic heterocycles. The Bertz CT molecular complexity index is 379. The molecular weight excluding hydrogens is 200 g/mol. The molecule has 3 nitrogen and oxygen atoms in total. The summed E-state index contributed by atoms with van der Waals surface area (Å²) in [5.41, 5.74) is 7.86. The lowest BCUT2D eigenvalue weighted by Crippen LogP contribution is -2.00. The molecule has 0 fully saturated rings. The van der Waals surface area contributed by atoms with Gasteiger partial charge < -0.3 is 10.8 Å². The molecule has 3 N–H and O–H groups in total. The monoisotopic (exact) mass is 218 g/mol. The van der Waals surface area contributed by atoms with Crippen LogP contribution >= 0.6 is 0 Å². The standard InChI is InChI=1S/C11H14N2O.C2H4/c1-3-11(8(2)14)9-4-5-13-10(6-9)7-12;1-2/h3-6,14H,1,7,12H2,2H3;1-2H2/b11-8-;. The summed E-state index contributed by atoms with van der Waals surface area (Å²) in [6.07, 6.45) is 3.29. The Hall–Kier alpha value is -1.87. The molecule has 0 saturated heterocycles. The van der Waals surface area contributed by atoms with E-state index in [1.165, 1.54) is 0 Å². The fraction of sp³-hybridized carbons (Fsp3) is 0.154. The summed E-state index contributed by atoms with van der Waals surface area (Å²) >= 11 is 0. The number of rotatable bonds is 3. The first-order valence-corrected chi connectivity index (χ1v) is 4.86. The summed E-state index contributed by atoms with van der Waals surface area (Å²) in [6.45, 7) is 11.7. The predicted octanol–water partition coefficient (Wildman–Crippen LogP) is 2.82. The van der Waals surface area contributed by atoms with E-state index in [0.29, 0.717) is 12.1 Å². The molecule has 0 aliphatic rings. The zero-order valence-electron chi connectivity index (χ0n) is 9.61. The minimum Gasteiger partial charge on any atom is -0.512 e. The van der Waals surface area contributed by atoms with E-state index in [0.717, 1.165) is 11.3 Å². The average molecular weight is 218 g/mol. The van der Waals surface area contributed by atoms with Crippen LogP contribution in [0.25, 0.3) is 5.57 Å². The highest BCUT2D eigenvalue weighted by Crippen LogP contribution is 2.18.